The van der Waals surface area contributed by atoms with E-state index in [9.17, 15) is 0 Å². The van der Waals surface area contributed by atoms with Crippen LogP contribution in [0.2, 0.25) is 0 Å². The van der Waals surface area contributed by atoms with Crippen LogP contribution in [0, 0.1) is 0 Å². The van der Waals surface area contributed by atoms with E-state index in [0.29, 0.717) is 17.9 Å². The summed E-state index contributed by atoms with van der Waals surface area (Å²) >= 11 is 1.99. The fourth-order valence-electron chi connectivity index (χ4n) is 2.02. The number of thioether (sulfide) groups is 1. The third-order valence-electron chi connectivity index (χ3n) is 3.17. The highest BCUT2D eigenvalue weighted by molar-refractivity contribution is 7.99. The lowest BCUT2D eigenvalue weighted by atomic mass is 10.3. The first-order valence-corrected chi connectivity index (χ1v) is 8.29. The Labute approximate surface area is 125 Å². The van der Waals surface area contributed by atoms with Gasteiger partial charge in [-0.25, -0.2) is 0 Å². The van der Waals surface area contributed by atoms with Crippen LogP contribution in [0.25, 0.3) is 0 Å². The zero-order chi connectivity index (χ0) is 14.5. The van der Waals surface area contributed by atoms with Crippen molar-refractivity contribution in [3.8, 4) is 0 Å². The highest BCUT2D eigenvalue weighted by atomic mass is 32.2. The SMILES string of the molecule is CCCNc1nc(N(C)C)nc(N2CCSCC2C)n1. The molecule has 6 nitrogen and oxygen atoms in total. The molecule has 1 aliphatic heterocycles. The summed E-state index contributed by atoms with van der Waals surface area (Å²) in [5, 5.41) is 3.26. The second-order valence-electron chi connectivity index (χ2n) is 5.20. The topological polar surface area (TPSA) is 57.2 Å². The standard InChI is InChI=1S/C13H24N6S/c1-5-6-14-11-15-12(18(3)4)17-13(16-11)19-7-8-20-9-10(19)2/h10H,5-9H2,1-4H3,(H,14,15,16,17). The van der Waals surface area contributed by atoms with Gasteiger partial charge in [-0.2, -0.15) is 26.7 Å². The average Bonchev–Trinajstić information content (AvgIpc) is 2.45. The van der Waals surface area contributed by atoms with Gasteiger partial charge in [0.05, 0.1) is 0 Å². The summed E-state index contributed by atoms with van der Waals surface area (Å²) in [5.41, 5.74) is 0. The average molecular weight is 296 g/mol. The van der Waals surface area contributed by atoms with Gasteiger partial charge in [0.25, 0.3) is 0 Å². The van der Waals surface area contributed by atoms with Crippen LogP contribution in [0.3, 0.4) is 0 Å². The minimum absolute atomic E-state index is 0.463. The molecule has 1 unspecified atom stereocenters. The Kier molecular flexibility index (Phi) is 5.28. The lowest BCUT2D eigenvalue weighted by Gasteiger charge is -2.33. The van der Waals surface area contributed by atoms with Gasteiger partial charge in [-0.05, 0) is 13.3 Å². The molecule has 1 atom stereocenters. The summed E-state index contributed by atoms with van der Waals surface area (Å²) in [6.45, 7) is 6.23. The zero-order valence-electron chi connectivity index (χ0n) is 12.8. The fourth-order valence-corrected chi connectivity index (χ4v) is 3.04. The van der Waals surface area contributed by atoms with Crippen molar-refractivity contribution < 1.29 is 0 Å². The smallest absolute Gasteiger partial charge is 0.232 e. The molecule has 112 valence electrons. The maximum absolute atomic E-state index is 4.60. The van der Waals surface area contributed by atoms with Gasteiger partial charge >= 0.3 is 0 Å². The number of nitrogens with one attached hydrogen (secondary N) is 1. The highest BCUT2D eigenvalue weighted by Crippen LogP contribution is 2.23. The maximum atomic E-state index is 4.60. The molecular formula is C13H24N6S. The molecule has 1 N–H and O–H groups in total. The lowest BCUT2D eigenvalue weighted by Crippen LogP contribution is -2.41. The Morgan fingerprint density at radius 1 is 1.35 bits per heavy atom. The van der Waals surface area contributed by atoms with Gasteiger partial charge in [0.2, 0.25) is 17.8 Å². The molecule has 0 spiro atoms. The van der Waals surface area contributed by atoms with Crippen LogP contribution in [-0.2, 0) is 0 Å². The number of aromatic nitrogens is 3. The molecule has 2 heterocycles. The largest absolute Gasteiger partial charge is 0.354 e. The molecule has 0 saturated carbocycles. The molecule has 20 heavy (non-hydrogen) atoms. The highest BCUT2D eigenvalue weighted by Gasteiger charge is 2.22. The van der Waals surface area contributed by atoms with Crippen molar-refractivity contribution in [3.63, 3.8) is 0 Å². The van der Waals surface area contributed by atoms with Crippen LogP contribution in [0.5, 0.6) is 0 Å². The Balaban J connectivity index is 2.27. The quantitative estimate of drug-likeness (QED) is 0.887. The molecule has 0 aliphatic carbocycles. The first-order valence-electron chi connectivity index (χ1n) is 7.13. The maximum Gasteiger partial charge on any atom is 0.232 e. The zero-order valence-corrected chi connectivity index (χ0v) is 13.6. The number of nitrogens with zero attached hydrogens (tertiary/aromatic N) is 5. The van der Waals surface area contributed by atoms with Gasteiger partial charge in [-0.1, -0.05) is 6.92 Å². The second-order valence-corrected chi connectivity index (χ2v) is 6.35. The van der Waals surface area contributed by atoms with Gasteiger partial charge in [0.15, 0.2) is 0 Å². The van der Waals surface area contributed by atoms with Gasteiger partial charge in [0.1, 0.15) is 0 Å². The summed E-state index contributed by atoms with van der Waals surface area (Å²) in [5.74, 6) is 4.42. The second kappa shape index (κ2) is 6.97. The van der Waals surface area contributed by atoms with Gasteiger partial charge in [-0.15, -0.1) is 0 Å². The Hall–Kier alpha value is -1.24. The van der Waals surface area contributed by atoms with Crippen LogP contribution >= 0.6 is 11.8 Å². The van der Waals surface area contributed by atoms with Crippen LogP contribution < -0.4 is 15.1 Å². The van der Waals surface area contributed by atoms with Crippen molar-refractivity contribution in [1.29, 1.82) is 0 Å². The van der Waals surface area contributed by atoms with E-state index in [4.69, 9.17) is 0 Å². The molecule has 1 fully saturated rings. The van der Waals surface area contributed by atoms with E-state index in [1.165, 1.54) is 0 Å². The molecule has 0 aromatic carbocycles. The molecule has 0 bridgehead atoms. The van der Waals surface area contributed by atoms with E-state index in [1.54, 1.807) is 0 Å². The molecule has 7 heteroatoms. The summed E-state index contributed by atoms with van der Waals surface area (Å²) < 4.78 is 0. The van der Waals surface area contributed by atoms with E-state index in [1.807, 2.05) is 30.8 Å². The van der Waals surface area contributed by atoms with Crippen LogP contribution in [0.1, 0.15) is 20.3 Å². The Morgan fingerprint density at radius 2 is 2.15 bits per heavy atom. The van der Waals surface area contributed by atoms with E-state index < -0.39 is 0 Å². The minimum Gasteiger partial charge on any atom is -0.354 e. The molecule has 1 saturated heterocycles. The van der Waals surface area contributed by atoms with Gasteiger partial charge in [0, 0.05) is 44.7 Å². The summed E-state index contributed by atoms with van der Waals surface area (Å²) in [7, 11) is 3.91. The Morgan fingerprint density at radius 3 is 2.80 bits per heavy atom. The molecule has 0 radical (unpaired) electrons. The van der Waals surface area contributed by atoms with E-state index in [2.05, 4.69) is 39.0 Å². The normalized spacial score (nSPS) is 19.0. The predicted octanol–water partition coefficient (Wildman–Crippen LogP) is 1.70. The molecular weight excluding hydrogens is 272 g/mol. The third kappa shape index (κ3) is 3.65. The summed E-state index contributed by atoms with van der Waals surface area (Å²) in [6, 6.07) is 0.463. The minimum atomic E-state index is 0.463. The number of hydrogen-bond donors (Lipinski definition) is 1. The number of anilines is 3. The first kappa shape index (κ1) is 15.2. The van der Waals surface area contributed by atoms with Gasteiger partial charge in [-0.3, -0.25) is 0 Å². The van der Waals surface area contributed by atoms with Crippen molar-refractivity contribution in [2.24, 2.45) is 0 Å². The van der Waals surface area contributed by atoms with E-state index >= 15 is 0 Å². The summed E-state index contributed by atoms with van der Waals surface area (Å²) in [4.78, 5) is 17.8. The summed E-state index contributed by atoms with van der Waals surface area (Å²) in [6.07, 6.45) is 1.05. The van der Waals surface area contributed by atoms with Crippen molar-refractivity contribution in [1.82, 2.24) is 15.0 Å². The van der Waals surface area contributed by atoms with Crippen molar-refractivity contribution in [3.05, 3.63) is 0 Å². The monoisotopic (exact) mass is 296 g/mol. The molecule has 0 amide bonds. The number of hydrogen-bond acceptors (Lipinski definition) is 7. The first-order chi connectivity index (χ1) is 9.61. The molecule has 1 aromatic rings. The number of rotatable bonds is 5. The molecule has 1 aliphatic rings. The lowest BCUT2D eigenvalue weighted by molar-refractivity contribution is 0.674. The van der Waals surface area contributed by atoms with Crippen LogP contribution in [-0.4, -0.2) is 59.7 Å². The van der Waals surface area contributed by atoms with Crippen LogP contribution in [0.4, 0.5) is 17.8 Å². The van der Waals surface area contributed by atoms with E-state index in [-0.39, 0.29) is 0 Å². The van der Waals surface area contributed by atoms with Crippen molar-refractivity contribution in [2.75, 3.05) is 53.8 Å². The van der Waals surface area contributed by atoms with Crippen LogP contribution in [0.15, 0.2) is 0 Å². The Bertz CT molecular complexity index is 439. The van der Waals surface area contributed by atoms with Crippen molar-refractivity contribution in [2.45, 2.75) is 26.3 Å². The predicted molar refractivity (Wildman–Crippen MR) is 87.1 cm³/mol. The van der Waals surface area contributed by atoms with E-state index in [0.717, 1.165) is 37.0 Å². The molecule has 1 aromatic heterocycles. The van der Waals surface area contributed by atoms with Gasteiger partial charge < -0.3 is 15.1 Å². The third-order valence-corrected chi connectivity index (χ3v) is 4.36. The fraction of sp³-hybridized carbons (Fsp3) is 0.769. The van der Waals surface area contributed by atoms with Crippen molar-refractivity contribution >= 4 is 29.6 Å². The molecule has 2 rings (SSSR count).